The van der Waals surface area contributed by atoms with Crippen molar-refractivity contribution in [2.45, 2.75) is 51.4 Å². The molecule has 1 aliphatic rings. The molecule has 0 saturated carbocycles. The Morgan fingerprint density at radius 2 is 2.15 bits per heavy atom. The molecule has 3 N–H and O–H groups in total. The standard InChI is InChI=1S/C16H25NO3/c1-11(2)19-9-13(18)10-20-14-7-6-12-4-3-5-16(17)15(12)8-14/h6-8,11,13,16,18H,3-5,9-10,17H2,1-2H3/t13?,16-/m1/s1. The van der Waals surface area contributed by atoms with E-state index < -0.39 is 6.10 Å². The molecule has 0 heterocycles. The lowest BCUT2D eigenvalue weighted by Crippen LogP contribution is -2.25. The first-order chi connectivity index (χ1) is 9.56. The number of nitrogens with two attached hydrogens (primary N) is 1. The molecule has 0 saturated heterocycles. The van der Waals surface area contributed by atoms with Crippen LogP contribution in [0.4, 0.5) is 0 Å². The fraction of sp³-hybridized carbons (Fsp3) is 0.625. The van der Waals surface area contributed by atoms with Gasteiger partial charge in [-0.25, -0.2) is 0 Å². The second kappa shape index (κ2) is 7.07. The molecule has 0 bridgehead atoms. The van der Waals surface area contributed by atoms with Crippen molar-refractivity contribution in [1.82, 2.24) is 0 Å². The van der Waals surface area contributed by atoms with E-state index in [-0.39, 0.29) is 18.8 Å². The molecule has 4 heteroatoms. The van der Waals surface area contributed by atoms with E-state index in [9.17, 15) is 5.11 Å². The van der Waals surface area contributed by atoms with E-state index >= 15 is 0 Å². The van der Waals surface area contributed by atoms with Gasteiger partial charge in [0.05, 0.1) is 12.7 Å². The van der Waals surface area contributed by atoms with Gasteiger partial charge in [-0.2, -0.15) is 0 Å². The maximum absolute atomic E-state index is 9.78. The monoisotopic (exact) mass is 279 g/mol. The summed E-state index contributed by atoms with van der Waals surface area (Å²) in [7, 11) is 0. The largest absolute Gasteiger partial charge is 0.491 e. The molecule has 0 aromatic heterocycles. The minimum absolute atomic E-state index is 0.108. The van der Waals surface area contributed by atoms with E-state index in [1.54, 1.807) is 0 Å². The van der Waals surface area contributed by atoms with Crippen molar-refractivity contribution < 1.29 is 14.6 Å². The minimum atomic E-state index is -0.609. The number of aliphatic hydroxyl groups excluding tert-OH is 1. The van der Waals surface area contributed by atoms with Crippen molar-refractivity contribution >= 4 is 0 Å². The second-order valence-corrected chi connectivity index (χ2v) is 5.71. The highest BCUT2D eigenvalue weighted by atomic mass is 16.5. The lowest BCUT2D eigenvalue weighted by Gasteiger charge is -2.23. The third-order valence-electron chi connectivity index (χ3n) is 3.54. The predicted molar refractivity (Wildman–Crippen MR) is 78.9 cm³/mol. The summed E-state index contributed by atoms with van der Waals surface area (Å²) in [5, 5.41) is 9.78. The van der Waals surface area contributed by atoms with Gasteiger partial charge in [0, 0.05) is 6.04 Å². The summed E-state index contributed by atoms with van der Waals surface area (Å²) in [6.07, 6.45) is 2.78. The fourth-order valence-electron chi connectivity index (χ4n) is 2.45. The Kier molecular flexibility index (Phi) is 5.40. The van der Waals surface area contributed by atoms with Gasteiger partial charge in [-0.3, -0.25) is 0 Å². The molecule has 1 aromatic rings. The van der Waals surface area contributed by atoms with Crippen LogP contribution in [-0.2, 0) is 11.2 Å². The summed E-state index contributed by atoms with van der Waals surface area (Å²) in [6, 6.07) is 6.15. The number of rotatable bonds is 6. The Balaban J connectivity index is 1.89. The number of ether oxygens (including phenoxy) is 2. The molecule has 1 aromatic carbocycles. The number of benzene rings is 1. The summed E-state index contributed by atoms with van der Waals surface area (Å²) in [6.45, 7) is 4.42. The highest BCUT2D eigenvalue weighted by Gasteiger charge is 2.17. The molecule has 1 unspecified atom stereocenters. The number of aliphatic hydroxyl groups is 1. The maximum Gasteiger partial charge on any atom is 0.119 e. The van der Waals surface area contributed by atoms with Gasteiger partial charge in [0.15, 0.2) is 0 Å². The normalized spacial score (nSPS) is 19.8. The van der Waals surface area contributed by atoms with Gasteiger partial charge >= 0.3 is 0 Å². The van der Waals surface area contributed by atoms with Crippen LogP contribution in [0.25, 0.3) is 0 Å². The lowest BCUT2D eigenvalue weighted by molar-refractivity contribution is -0.0123. The fourth-order valence-corrected chi connectivity index (χ4v) is 2.45. The number of hydrogen-bond acceptors (Lipinski definition) is 4. The number of fused-ring (bicyclic) bond motifs is 1. The van der Waals surface area contributed by atoms with Crippen LogP contribution in [0.1, 0.15) is 43.9 Å². The summed E-state index contributed by atoms with van der Waals surface area (Å²) >= 11 is 0. The molecule has 0 spiro atoms. The first-order valence-electron chi connectivity index (χ1n) is 7.37. The zero-order valence-electron chi connectivity index (χ0n) is 12.3. The van der Waals surface area contributed by atoms with Gasteiger partial charge in [0.1, 0.15) is 18.5 Å². The van der Waals surface area contributed by atoms with Crippen molar-refractivity contribution in [3.05, 3.63) is 29.3 Å². The summed E-state index contributed by atoms with van der Waals surface area (Å²) in [5.74, 6) is 0.768. The van der Waals surface area contributed by atoms with Crippen LogP contribution >= 0.6 is 0 Å². The first-order valence-corrected chi connectivity index (χ1v) is 7.37. The van der Waals surface area contributed by atoms with Gasteiger partial charge in [-0.05, 0) is 56.4 Å². The SMILES string of the molecule is CC(C)OCC(O)COc1ccc2c(c1)[C@H](N)CCC2. The Labute approximate surface area is 120 Å². The smallest absolute Gasteiger partial charge is 0.119 e. The van der Waals surface area contributed by atoms with E-state index in [1.807, 2.05) is 26.0 Å². The van der Waals surface area contributed by atoms with Gasteiger partial charge in [0.25, 0.3) is 0 Å². The molecule has 20 heavy (non-hydrogen) atoms. The van der Waals surface area contributed by atoms with Crippen molar-refractivity contribution in [2.75, 3.05) is 13.2 Å². The Hall–Kier alpha value is -1.10. The van der Waals surface area contributed by atoms with Crippen LogP contribution in [0, 0.1) is 0 Å². The van der Waals surface area contributed by atoms with E-state index in [0.717, 1.165) is 25.0 Å². The lowest BCUT2D eigenvalue weighted by atomic mass is 9.88. The zero-order valence-corrected chi connectivity index (χ0v) is 12.3. The average Bonchev–Trinajstić information content (AvgIpc) is 2.43. The van der Waals surface area contributed by atoms with Crippen LogP contribution in [0.5, 0.6) is 5.75 Å². The summed E-state index contributed by atoms with van der Waals surface area (Å²) < 4.78 is 11.0. The topological polar surface area (TPSA) is 64.7 Å². The van der Waals surface area contributed by atoms with Crippen LogP contribution in [-0.4, -0.2) is 30.5 Å². The molecule has 1 aliphatic carbocycles. The highest BCUT2D eigenvalue weighted by Crippen LogP contribution is 2.30. The highest BCUT2D eigenvalue weighted by molar-refractivity contribution is 5.39. The van der Waals surface area contributed by atoms with Crippen molar-refractivity contribution in [2.24, 2.45) is 5.73 Å². The third kappa shape index (κ3) is 4.20. The third-order valence-corrected chi connectivity index (χ3v) is 3.54. The van der Waals surface area contributed by atoms with E-state index in [2.05, 4.69) is 6.07 Å². The maximum atomic E-state index is 9.78. The Morgan fingerprint density at radius 3 is 2.90 bits per heavy atom. The van der Waals surface area contributed by atoms with Gasteiger partial charge < -0.3 is 20.3 Å². The second-order valence-electron chi connectivity index (χ2n) is 5.71. The van der Waals surface area contributed by atoms with E-state index in [0.29, 0.717) is 6.61 Å². The molecule has 2 rings (SSSR count). The quantitative estimate of drug-likeness (QED) is 0.838. The summed E-state index contributed by atoms with van der Waals surface area (Å²) in [5.41, 5.74) is 8.63. The Bertz CT molecular complexity index is 434. The predicted octanol–water partition coefficient (Wildman–Crippen LogP) is 2.19. The van der Waals surface area contributed by atoms with Gasteiger partial charge in [-0.15, -0.1) is 0 Å². The van der Waals surface area contributed by atoms with Gasteiger partial charge in [0.2, 0.25) is 0 Å². The van der Waals surface area contributed by atoms with Crippen LogP contribution in [0.3, 0.4) is 0 Å². The first kappa shape index (κ1) is 15.3. The number of hydrogen-bond donors (Lipinski definition) is 2. The van der Waals surface area contributed by atoms with E-state index in [4.69, 9.17) is 15.2 Å². The van der Waals surface area contributed by atoms with Crippen molar-refractivity contribution in [3.8, 4) is 5.75 Å². The molecule has 0 radical (unpaired) electrons. The number of aryl methyl sites for hydroxylation is 1. The van der Waals surface area contributed by atoms with Gasteiger partial charge in [-0.1, -0.05) is 6.07 Å². The molecule has 0 fully saturated rings. The molecule has 2 atom stereocenters. The molecule has 0 amide bonds. The van der Waals surface area contributed by atoms with Crippen molar-refractivity contribution in [3.63, 3.8) is 0 Å². The molecule has 4 nitrogen and oxygen atoms in total. The summed E-state index contributed by atoms with van der Waals surface area (Å²) in [4.78, 5) is 0. The van der Waals surface area contributed by atoms with Crippen molar-refractivity contribution in [1.29, 1.82) is 0 Å². The van der Waals surface area contributed by atoms with Crippen LogP contribution < -0.4 is 10.5 Å². The van der Waals surface area contributed by atoms with Crippen LogP contribution in [0.15, 0.2) is 18.2 Å². The Morgan fingerprint density at radius 1 is 1.35 bits per heavy atom. The molecular formula is C16H25NO3. The molecule has 112 valence electrons. The molecule has 0 aliphatic heterocycles. The molecular weight excluding hydrogens is 254 g/mol. The zero-order chi connectivity index (χ0) is 14.5. The van der Waals surface area contributed by atoms with Crippen LogP contribution in [0.2, 0.25) is 0 Å². The van der Waals surface area contributed by atoms with E-state index in [1.165, 1.54) is 11.1 Å². The average molecular weight is 279 g/mol. The minimum Gasteiger partial charge on any atom is -0.491 e.